The second kappa shape index (κ2) is 4.87. The molecule has 2 heteroatoms. The molecule has 0 heterocycles. The molecule has 16 heavy (non-hydrogen) atoms. The minimum absolute atomic E-state index is 0.152. The molecule has 0 N–H and O–H groups in total. The molecule has 2 rings (SSSR count). The van der Waals surface area contributed by atoms with Crippen molar-refractivity contribution in [1.29, 1.82) is 0 Å². The highest BCUT2D eigenvalue weighted by atomic mass is 79.9. The molecule has 1 aliphatic carbocycles. The predicted molar refractivity (Wildman–Crippen MR) is 69.3 cm³/mol. The number of alkyl halides is 1. The highest BCUT2D eigenvalue weighted by molar-refractivity contribution is 9.09. The van der Waals surface area contributed by atoms with Crippen LogP contribution in [0.25, 0.3) is 0 Å². The lowest BCUT2D eigenvalue weighted by Gasteiger charge is -2.33. The molecule has 88 valence electrons. The Morgan fingerprint density at radius 1 is 1.25 bits per heavy atom. The maximum Gasteiger partial charge on any atom is 0.123 e. The first-order chi connectivity index (χ1) is 7.68. The van der Waals surface area contributed by atoms with Crippen LogP contribution in [0.2, 0.25) is 0 Å². The monoisotopic (exact) mass is 284 g/mol. The molecule has 1 aromatic rings. The van der Waals surface area contributed by atoms with Gasteiger partial charge in [-0.3, -0.25) is 0 Å². The third kappa shape index (κ3) is 2.17. The van der Waals surface area contributed by atoms with Gasteiger partial charge in [0.2, 0.25) is 0 Å². The number of hydrogen-bond acceptors (Lipinski definition) is 0. The lowest BCUT2D eigenvalue weighted by Crippen LogP contribution is -2.21. The summed E-state index contributed by atoms with van der Waals surface area (Å²) < 4.78 is 12.9. The van der Waals surface area contributed by atoms with E-state index in [0.29, 0.717) is 10.2 Å². The molecule has 0 radical (unpaired) electrons. The molecule has 1 aliphatic rings. The number of hydrogen-bond donors (Lipinski definition) is 0. The molecule has 0 amide bonds. The zero-order valence-electron chi connectivity index (χ0n) is 9.68. The first-order valence-electron chi connectivity index (χ1n) is 6.07. The molecular weight excluding hydrogens is 267 g/mol. The Bertz CT molecular complexity index is 338. The number of benzene rings is 1. The first-order valence-corrected chi connectivity index (χ1v) is 6.99. The second-order valence-electron chi connectivity index (χ2n) is 4.84. The van der Waals surface area contributed by atoms with Crippen LogP contribution in [0.5, 0.6) is 0 Å². The van der Waals surface area contributed by atoms with Crippen LogP contribution in [0.3, 0.4) is 0 Å². The van der Waals surface area contributed by atoms with Crippen LogP contribution in [-0.4, -0.2) is 0 Å². The smallest absolute Gasteiger partial charge is 0.123 e. The van der Waals surface area contributed by atoms with Crippen LogP contribution < -0.4 is 0 Å². The van der Waals surface area contributed by atoms with Crippen molar-refractivity contribution in [1.82, 2.24) is 0 Å². The molecule has 0 aliphatic heterocycles. The van der Waals surface area contributed by atoms with Gasteiger partial charge in [0.05, 0.1) is 0 Å². The molecule has 0 spiro atoms. The topological polar surface area (TPSA) is 0 Å². The first kappa shape index (κ1) is 12.1. The van der Waals surface area contributed by atoms with Gasteiger partial charge in [-0.2, -0.15) is 0 Å². The summed E-state index contributed by atoms with van der Waals surface area (Å²) in [7, 11) is 0. The highest BCUT2D eigenvalue weighted by Gasteiger charge is 2.38. The molecule has 0 bridgehead atoms. The summed E-state index contributed by atoms with van der Waals surface area (Å²) in [6.07, 6.45) is 6.43. The zero-order valence-corrected chi connectivity index (χ0v) is 11.3. The zero-order chi connectivity index (χ0) is 11.6. The van der Waals surface area contributed by atoms with Gasteiger partial charge in [0.25, 0.3) is 0 Å². The summed E-state index contributed by atoms with van der Waals surface area (Å²) in [5.41, 5.74) is 1.60. The Hall–Kier alpha value is -0.370. The average Bonchev–Trinajstić information content (AvgIpc) is 2.79. The van der Waals surface area contributed by atoms with Gasteiger partial charge < -0.3 is 0 Å². The fourth-order valence-corrected chi connectivity index (χ4v) is 3.94. The molecule has 1 atom stereocenters. The summed E-state index contributed by atoms with van der Waals surface area (Å²) in [5, 5.41) is 0. The van der Waals surface area contributed by atoms with Gasteiger partial charge in [0.15, 0.2) is 0 Å². The van der Waals surface area contributed by atoms with Crippen molar-refractivity contribution >= 4 is 15.9 Å². The van der Waals surface area contributed by atoms with E-state index in [1.807, 2.05) is 12.1 Å². The van der Waals surface area contributed by atoms with E-state index < -0.39 is 0 Å². The average molecular weight is 285 g/mol. The predicted octanol–water partition coefficient (Wildman–Crippen LogP) is 5.23. The normalized spacial score (nSPS) is 20.9. The second-order valence-corrected chi connectivity index (χ2v) is 5.75. The van der Waals surface area contributed by atoms with Crippen LogP contribution >= 0.6 is 15.9 Å². The SMILES string of the molecule is CCC1(C(Br)c2ccc(F)cc2)CCCC1. The molecule has 0 nitrogen and oxygen atoms in total. The van der Waals surface area contributed by atoms with E-state index in [2.05, 4.69) is 22.9 Å². The van der Waals surface area contributed by atoms with Crippen molar-refractivity contribution in [3.8, 4) is 0 Å². The van der Waals surface area contributed by atoms with Crippen molar-refractivity contribution in [2.45, 2.75) is 43.9 Å². The van der Waals surface area contributed by atoms with Crippen LogP contribution in [0.15, 0.2) is 24.3 Å². The Labute approximate surface area is 105 Å². The summed E-state index contributed by atoms with van der Waals surface area (Å²) >= 11 is 3.83. The van der Waals surface area contributed by atoms with Crippen molar-refractivity contribution in [3.05, 3.63) is 35.6 Å². The van der Waals surface area contributed by atoms with E-state index in [4.69, 9.17) is 0 Å². The van der Waals surface area contributed by atoms with Gasteiger partial charge in [-0.25, -0.2) is 4.39 Å². The summed E-state index contributed by atoms with van der Waals surface area (Å²) in [6, 6.07) is 6.93. The third-order valence-electron chi connectivity index (χ3n) is 4.00. The van der Waals surface area contributed by atoms with Gasteiger partial charge in [-0.1, -0.05) is 47.8 Å². The van der Waals surface area contributed by atoms with E-state index >= 15 is 0 Å². The number of rotatable bonds is 3. The van der Waals surface area contributed by atoms with Gasteiger partial charge in [0.1, 0.15) is 5.82 Å². The van der Waals surface area contributed by atoms with Gasteiger partial charge in [-0.05, 0) is 42.4 Å². The van der Waals surface area contributed by atoms with Crippen molar-refractivity contribution in [2.24, 2.45) is 5.41 Å². The molecular formula is C14H18BrF. The molecule has 1 aromatic carbocycles. The van der Waals surface area contributed by atoms with Crippen molar-refractivity contribution < 1.29 is 4.39 Å². The Balaban J connectivity index is 2.23. The van der Waals surface area contributed by atoms with Crippen molar-refractivity contribution in [3.63, 3.8) is 0 Å². The fraction of sp³-hybridized carbons (Fsp3) is 0.571. The maximum absolute atomic E-state index is 12.9. The van der Waals surface area contributed by atoms with E-state index in [9.17, 15) is 4.39 Å². The maximum atomic E-state index is 12.9. The minimum Gasteiger partial charge on any atom is -0.207 e. The molecule has 1 saturated carbocycles. The molecule has 1 unspecified atom stereocenters. The van der Waals surface area contributed by atoms with E-state index in [1.165, 1.54) is 37.7 Å². The molecule has 0 saturated heterocycles. The van der Waals surface area contributed by atoms with E-state index in [-0.39, 0.29) is 5.82 Å². The fourth-order valence-electron chi connectivity index (χ4n) is 2.85. The highest BCUT2D eigenvalue weighted by Crippen LogP contribution is 2.53. The quantitative estimate of drug-likeness (QED) is 0.667. The van der Waals surface area contributed by atoms with Gasteiger partial charge in [-0.15, -0.1) is 0 Å². The van der Waals surface area contributed by atoms with Crippen LogP contribution in [0.4, 0.5) is 4.39 Å². The summed E-state index contributed by atoms with van der Waals surface area (Å²) in [6.45, 7) is 2.27. The van der Waals surface area contributed by atoms with Crippen LogP contribution in [0, 0.1) is 11.2 Å². The lowest BCUT2D eigenvalue weighted by molar-refractivity contribution is 0.279. The molecule has 1 fully saturated rings. The largest absolute Gasteiger partial charge is 0.207 e. The summed E-state index contributed by atoms with van der Waals surface area (Å²) in [5.74, 6) is -0.152. The summed E-state index contributed by atoms with van der Waals surface area (Å²) in [4.78, 5) is 0.369. The van der Waals surface area contributed by atoms with Crippen LogP contribution in [0.1, 0.15) is 49.4 Å². The van der Waals surface area contributed by atoms with Gasteiger partial charge in [0, 0.05) is 4.83 Å². The Morgan fingerprint density at radius 3 is 2.31 bits per heavy atom. The molecule has 0 aromatic heterocycles. The Kier molecular flexibility index (Phi) is 3.68. The number of halogens is 2. The Morgan fingerprint density at radius 2 is 1.81 bits per heavy atom. The van der Waals surface area contributed by atoms with Crippen molar-refractivity contribution in [2.75, 3.05) is 0 Å². The van der Waals surface area contributed by atoms with E-state index in [0.717, 1.165) is 0 Å². The lowest BCUT2D eigenvalue weighted by atomic mass is 9.78. The van der Waals surface area contributed by atoms with Crippen LogP contribution in [-0.2, 0) is 0 Å². The third-order valence-corrected chi connectivity index (χ3v) is 5.50. The van der Waals surface area contributed by atoms with E-state index in [1.54, 1.807) is 12.1 Å². The minimum atomic E-state index is -0.152. The van der Waals surface area contributed by atoms with Gasteiger partial charge >= 0.3 is 0 Å². The standard InChI is InChI=1S/C14H18BrF/c1-2-14(9-3-4-10-14)13(15)11-5-7-12(16)8-6-11/h5-8,13H,2-4,9-10H2,1H3.